The number of carboxylic acid groups (broad SMARTS) is 1. The number of guanidine groups is 1. The number of benzene rings is 3. The maximum atomic E-state index is 14.7. The Morgan fingerprint density at radius 2 is 1.38 bits per heavy atom. The fourth-order valence-corrected chi connectivity index (χ4v) is 5.17. The minimum absolute atomic E-state index is 0.0186. The largest absolute Gasteiger partial charge is 0.542 e. The van der Waals surface area contributed by atoms with Crippen molar-refractivity contribution in [1.82, 2.24) is 14.7 Å². The van der Waals surface area contributed by atoms with Crippen LogP contribution in [0.2, 0.25) is 0 Å². The Kier molecular flexibility index (Phi) is 9.54. The highest BCUT2D eigenvalue weighted by molar-refractivity contribution is 6.04. The first kappa shape index (κ1) is 32.6. The lowest BCUT2D eigenvalue weighted by molar-refractivity contribution is -0.525. The molecule has 1 saturated heterocycles. The molecular formula is C31H29F4N5O5. The second-order valence-corrected chi connectivity index (χ2v) is 10.3. The normalized spacial score (nSPS) is 16.1. The van der Waals surface area contributed by atoms with E-state index in [2.05, 4.69) is 4.99 Å². The molecule has 0 atom stereocenters. The predicted octanol–water partition coefficient (Wildman–Crippen LogP) is 0.110. The Labute approximate surface area is 255 Å². The van der Waals surface area contributed by atoms with E-state index in [0.29, 0.717) is 31.7 Å². The molecule has 14 heteroatoms. The van der Waals surface area contributed by atoms with Gasteiger partial charge in [0.25, 0.3) is 5.91 Å². The van der Waals surface area contributed by atoms with Gasteiger partial charge in [-0.15, -0.1) is 0 Å². The van der Waals surface area contributed by atoms with Crippen LogP contribution in [0.25, 0.3) is 0 Å². The third-order valence-corrected chi connectivity index (χ3v) is 7.37. The molecule has 236 valence electrons. The van der Waals surface area contributed by atoms with Crippen LogP contribution in [0.1, 0.15) is 34.0 Å². The molecule has 3 amide bonds. The number of hydrogen-bond donors (Lipinski definition) is 2. The topological polar surface area (TPSA) is 141 Å². The van der Waals surface area contributed by atoms with Crippen LogP contribution in [0.3, 0.4) is 0 Å². The number of carboxylic acids is 1. The van der Waals surface area contributed by atoms with Gasteiger partial charge >= 0.3 is 18.0 Å². The molecular weight excluding hydrogens is 598 g/mol. The highest BCUT2D eigenvalue weighted by atomic mass is 19.4. The first-order valence-electron chi connectivity index (χ1n) is 13.7. The Morgan fingerprint density at radius 3 is 1.84 bits per heavy atom. The van der Waals surface area contributed by atoms with Crippen molar-refractivity contribution in [3.05, 3.63) is 107 Å². The Morgan fingerprint density at radius 1 is 0.889 bits per heavy atom. The fraction of sp³-hybridized carbons (Fsp3) is 0.258. The zero-order chi connectivity index (χ0) is 32.9. The number of carbonyl (C=O) groups is 4. The number of piperazine rings is 1. The van der Waals surface area contributed by atoms with Crippen molar-refractivity contribution in [2.45, 2.75) is 25.2 Å². The van der Waals surface area contributed by atoms with Crippen molar-refractivity contribution >= 4 is 29.7 Å². The number of nitrogens with two attached hydrogens (primary N) is 1. The van der Waals surface area contributed by atoms with Crippen LogP contribution in [0.5, 0.6) is 0 Å². The zero-order valence-electron chi connectivity index (χ0n) is 24.0. The third-order valence-electron chi connectivity index (χ3n) is 7.37. The van der Waals surface area contributed by atoms with Gasteiger partial charge in [0, 0.05) is 49.8 Å². The minimum Gasteiger partial charge on any atom is -0.542 e. The van der Waals surface area contributed by atoms with E-state index in [1.807, 2.05) is 60.7 Å². The van der Waals surface area contributed by atoms with Gasteiger partial charge in [-0.25, -0.2) is 4.39 Å². The van der Waals surface area contributed by atoms with Crippen molar-refractivity contribution in [3.8, 4) is 0 Å². The molecule has 2 heterocycles. The Balaban J connectivity index is 0.000000591. The fourth-order valence-electron chi connectivity index (χ4n) is 5.17. The van der Waals surface area contributed by atoms with Crippen LogP contribution < -0.4 is 15.8 Å². The molecule has 0 radical (unpaired) electrons. The van der Waals surface area contributed by atoms with Crippen molar-refractivity contribution in [2.75, 3.05) is 26.2 Å². The van der Waals surface area contributed by atoms with E-state index in [1.165, 1.54) is 24.0 Å². The number of aliphatic carboxylic acids is 1. The van der Waals surface area contributed by atoms with Crippen LogP contribution in [-0.2, 0) is 26.5 Å². The van der Waals surface area contributed by atoms with Crippen LogP contribution in [0, 0.1) is 5.82 Å². The standard InChI is InChI=1S/C29H28FN5O3.C2HF3O2/c1-20(36)33-12-14-34(15-13-33)26(37)22-16-21(17-25(30)18-22)19-35-27(38)29(32-28(35)31,23-8-4-2-5-9-23)24-10-6-3-7-11-24;3-2(4,5)1(6)7/h2-11,16-18H,12-15,19H2,1H3,(H2,31,32);(H,6,7). The van der Waals surface area contributed by atoms with Crippen LogP contribution in [0.4, 0.5) is 17.6 Å². The molecule has 0 aromatic heterocycles. The number of alkyl halides is 3. The summed E-state index contributed by atoms with van der Waals surface area (Å²) >= 11 is 0. The number of nitrogens with one attached hydrogen (secondary N) is 1. The van der Waals surface area contributed by atoms with Gasteiger partial charge in [-0.1, -0.05) is 60.7 Å². The molecule has 3 N–H and O–H groups in total. The van der Waals surface area contributed by atoms with Crippen LogP contribution in [0.15, 0.2) is 78.9 Å². The van der Waals surface area contributed by atoms with E-state index in [1.54, 1.807) is 15.9 Å². The van der Waals surface area contributed by atoms with Crippen molar-refractivity contribution in [1.29, 1.82) is 0 Å². The van der Waals surface area contributed by atoms with Gasteiger partial charge in [0.15, 0.2) is 0 Å². The van der Waals surface area contributed by atoms with Crippen molar-refractivity contribution < 1.29 is 46.8 Å². The average molecular weight is 628 g/mol. The summed E-state index contributed by atoms with van der Waals surface area (Å²) in [5, 5.41) is 8.78. The Bertz CT molecular complexity index is 1570. The number of hydrogen-bond acceptors (Lipinski definition) is 6. The summed E-state index contributed by atoms with van der Waals surface area (Å²) in [4.78, 5) is 55.5. The summed E-state index contributed by atoms with van der Waals surface area (Å²) in [5.41, 5.74) is 7.20. The van der Waals surface area contributed by atoms with E-state index in [-0.39, 0.29) is 35.8 Å². The lowest BCUT2D eigenvalue weighted by Crippen LogP contribution is -2.85. The number of halogens is 4. The quantitative estimate of drug-likeness (QED) is 0.385. The third kappa shape index (κ3) is 7.11. The van der Waals surface area contributed by atoms with Crippen LogP contribution >= 0.6 is 0 Å². The monoisotopic (exact) mass is 627 g/mol. The number of amides is 3. The van der Waals surface area contributed by atoms with E-state index in [4.69, 9.17) is 15.6 Å². The second kappa shape index (κ2) is 13.2. The molecule has 2 aliphatic heterocycles. The molecule has 3 aromatic carbocycles. The van der Waals surface area contributed by atoms with Crippen LogP contribution in [-0.4, -0.2) is 76.7 Å². The van der Waals surface area contributed by atoms with Gasteiger partial charge in [0.1, 0.15) is 18.3 Å². The number of rotatable bonds is 5. The first-order chi connectivity index (χ1) is 21.2. The molecule has 0 unspecified atom stereocenters. The average Bonchev–Trinajstić information content (AvgIpc) is 3.27. The van der Waals surface area contributed by atoms with E-state index in [9.17, 15) is 31.9 Å². The molecule has 0 bridgehead atoms. The summed E-state index contributed by atoms with van der Waals surface area (Å²) in [6.45, 7) is 3.09. The molecule has 0 spiro atoms. The van der Waals surface area contributed by atoms with Gasteiger partial charge < -0.3 is 19.7 Å². The summed E-state index contributed by atoms with van der Waals surface area (Å²) in [6, 6.07) is 22.7. The highest BCUT2D eigenvalue weighted by Gasteiger charge is 2.55. The van der Waals surface area contributed by atoms with E-state index < -0.39 is 23.5 Å². The van der Waals surface area contributed by atoms with Crippen molar-refractivity contribution in [2.24, 2.45) is 5.73 Å². The van der Waals surface area contributed by atoms with Gasteiger partial charge in [0.05, 0.1) is 0 Å². The second-order valence-electron chi connectivity index (χ2n) is 10.3. The summed E-state index contributed by atoms with van der Waals surface area (Å²) in [6.07, 6.45) is -5.19. The lowest BCUT2D eigenvalue weighted by atomic mass is 9.83. The van der Waals surface area contributed by atoms with E-state index in [0.717, 1.165) is 11.1 Å². The summed E-state index contributed by atoms with van der Waals surface area (Å²) in [5.74, 6) is -4.11. The molecule has 5 rings (SSSR count). The number of carbonyl (C=O) groups excluding carboxylic acids is 4. The first-order valence-corrected chi connectivity index (χ1v) is 13.7. The molecule has 3 aromatic rings. The van der Waals surface area contributed by atoms with Gasteiger partial charge in [0.2, 0.25) is 11.4 Å². The maximum absolute atomic E-state index is 14.7. The molecule has 10 nitrogen and oxygen atoms in total. The molecule has 1 fully saturated rings. The van der Waals surface area contributed by atoms with Gasteiger partial charge in [-0.2, -0.15) is 18.1 Å². The summed E-state index contributed by atoms with van der Waals surface area (Å²) in [7, 11) is 0. The molecule has 2 aliphatic rings. The zero-order valence-corrected chi connectivity index (χ0v) is 24.0. The summed E-state index contributed by atoms with van der Waals surface area (Å²) < 4.78 is 46.2. The molecule has 0 aliphatic carbocycles. The highest BCUT2D eigenvalue weighted by Crippen LogP contribution is 2.30. The Hall–Kier alpha value is -5.27. The number of nitrogens with zero attached hydrogens (tertiary/aromatic N) is 3. The van der Waals surface area contributed by atoms with Gasteiger partial charge in [-0.05, 0) is 23.8 Å². The smallest absolute Gasteiger partial charge is 0.430 e. The van der Waals surface area contributed by atoms with Crippen molar-refractivity contribution in [3.63, 3.8) is 0 Å². The maximum Gasteiger partial charge on any atom is 0.430 e. The molecule has 45 heavy (non-hydrogen) atoms. The minimum atomic E-state index is -5.19. The SMILES string of the molecule is CC(=O)N1CCN(C(=O)c2cc(F)cc(CN3C(=O)C(c4ccccc4)(c4ccccc4)[NH+]=C3N)c2)CC1.O=C([O-])C(F)(F)F. The predicted molar refractivity (Wildman–Crippen MR) is 150 cm³/mol. The van der Waals surface area contributed by atoms with E-state index >= 15 is 0 Å². The lowest BCUT2D eigenvalue weighted by Gasteiger charge is -2.34. The van der Waals surface area contributed by atoms with Gasteiger partial charge in [-0.3, -0.25) is 25.1 Å². The molecule has 0 saturated carbocycles.